The Morgan fingerprint density at radius 3 is 0.537 bits per heavy atom. The van der Waals surface area contributed by atoms with Gasteiger partial charge in [0.2, 0.25) is 0 Å². The monoisotopic (exact) mass is 932 g/mol. The molecule has 1 heteroatoms. The van der Waals surface area contributed by atoms with E-state index in [0.717, 1.165) is 0 Å². The molecule has 0 saturated heterocycles. The van der Waals surface area contributed by atoms with Crippen LogP contribution in [0.25, 0.3) is 31.9 Å². The Morgan fingerprint density at radius 1 is 0.239 bits per heavy atom. The van der Waals surface area contributed by atoms with Crippen molar-refractivity contribution in [2.45, 2.75) is 157 Å². The molecule has 0 saturated carbocycles. The van der Waals surface area contributed by atoms with E-state index in [0.29, 0.717) is 0 Å². The minimum atomic E-state index is -0.889. The summed E-state index contributed by atoms with van der Waals surface area (Å²) >= 11 is -0.889. The second-order valence-corrected chi connectivity index (χ2v) is 27.0. The van der Waals surface area contributed by atoms with Crippen LogP contribution in [0, 0.1) is 0 Å². The fraction of sp³-hybridized carbons (Fsp3) is 0.364. The van der Waals surface area contributed by atoms with Gasteiger partial charge in [-0.15, -0.1) is 0 Å². The zero-order chi connectivity index (χ0) is 49.3. The maximum atomic E-state index is 2.49. The summed E-state index contributed by atoms with van der Waals surface area (Å²) in [5.74, 6) is 0. The average molecular weight is 933 g/mol. The summed E-state index contributed by atoms with van der Waals surface area (Å²) in [6.45, 7) is 41.4. The van der Waals surface area contributed by atoms with Crippen LogP contribution < -0.4 is 0 Å². The molecule has 0 atom stereocenters. The summed E-state index contributed by atoms with van der Waals surface area (Å²) in [5.41, 5.74) is 15.4. The van der Waals surface area contributed by atoms with E-state index in [1.807, 2.05) is 0 Å². The third-order valence-electron chi connectivity index (χ3n) is 12.7. The molecule has 0 spiro atoms. The van der Waals surface area contributed by atoms with Crippen LogP contribution in [0.15, 0.2) is 146 Å². The Labute approximate surface area is 412 Å². The fourth-order valence-electron chi connectivity index (χ4n) is 7.94. The Kier molecular flexibility index (Phi) is 15.0. The first-order valence-electron chi connectivity index (χ1n) is 24.4. The van der Waals surface area contributed by atoms with E-state index >= 15 is 0 Å². The molecule has 67 heavy (non-hydrogen) atoms. The molecule has 0 aromatic heterocycles. The van der Waals surface area contributed by atoms with Crippen molar-refractivity contribution in [2.75, 3.05) is 0 Å². The summed E-state index contributed by atoms with van der Waals surface area (Å²) in [4.78, 5) is 0. The van der Waals surface area contributed by atoms with Crippen LogP contribution in [0.3, 0.4) is 0 Å². The minimum absolute atomic E-state index is 0.0200. The molecule has 6 rings (SSSR count). The van der Waals surface area contributed by atoms with E-state index in [4.69, 9.17) is 0 Å². The number of rotatable bonds is 9. The fourth-order valence-corrected chi connectivity index (χ4v) is 11.1. The van der Waals surface area contributed by atoms with Gasteiger partial charge in [0.25, 0.3) is 0 Å². The molecule has 6 aromatic rings. The molecule has 0 nitrogen and oxygen atoms in total. The summed E-state index contributed by atoms with van der Waals surface area (Å²) in [6.07, 6.45) is 7.48. The van der Waals surface area contributed by atoms with Gasteiger partial charge in [0.05, 0.1) is 0 Å². The van der Waals surface area contributed by atoms with Crippen molar-refractivity contribution in [1.82, 2.24) is 0 Å². The summed E-state index contributed by atoms with van der Waals surface area (Å²) in [7, 11) is 0. The normalized spacial score (nSPS) is 14.1. The SMILES string of the molecule is CC(C)(C)c1ccc(/C=[C](\c2ccc(C(C)(C)C)cc2)[Ni](/[C](=C/c2ccc(C(C)(C)C)cc2)c2ccc(C(C)(C)C)cc2)/[C](=C/c2ccc(C(C)(C)C)cc2)c2ccc(C(C)(C)C)cc2)cc1. The molecule has 0 amide bonds. The zero-order valence-electron chi connectivity index (χ0n) is 44.4. The summed E-state index contributed by atoms with van der Waals surface area (Å²) < 4.78 is 3.87. The van der Waals surface area contributed by atoms with Gasteiger partial charge in [-0.1, -0.05) is 0 Å². The van der Waals surface area contributed by atoms with Gasteiger partial charge in [0.15, 0.2) is 0 Å². The van der Waals surface area contributed by atoms with Gasteiger partial charge in [0, 0.05) is 0 Å². The molecular formula is C66H81Ni. The maximum absolute atomic E-state index is 2.49. The Hall–Kier alpha value is -4.97. The third-order valence-corrected chi connectivity index (χ3v) is 15.6. The molecule has 0 unspecified atom stereocenters. The van der Waals surface area contributed by atoms with E-state index in [1.54, 1.807) is 0 Å². The summed E-state index contributed by atoms with van der Waals surface area (Å²) in [6, 6.07) is 56.3. The van der Waals surface area contributed by atoms with Crippen molar-refractivity contribution in [1.29, 1.82) is 0 Å². The quantitative estimate of drug-likeness (QED) is 0.100. The van der Waals surface area contributed by atoms with Crippen LogP contribution in [-0.4, -0.2) is 0 Å². The standard InChI is InChI=1S/3C22H27.Ni/c3*1-21(2,3)19-13-9-17(10-14-19)7-8-18-11-15-20(16-12-18)22(4,5)6;/h3*7,9-16H,1-6H3;. The van der Waals surface area contributed by atoms with Crippen molar-refractivity contribution in [3.63, 3.8) is 0 Å². The van der Waals surface area contributed by atoms with Crippen LogP contribution in [0.2, 0.25) is 0 Å². The van der Waals surface area contributed by atoms with Gasteiger partial charge in [0.1, 0.15) is 0 Å². The molecule has 0 aliphatic carbocycles. The Morgan fingerprint density at radius 2 is 0.388 bits per heavy atom. The molecule has 0 bridgehead atoms. The van der Waals surface area contributed by atoms with Crippen LogP contribution in [0.5, 0.6) is 0 Å². The van der Waals surface area contributed by atoms with Crippen molar-refractivity contribution >= 4 is 31.9 Å². The first kappa shape index (κ1) is 51.4. The van der Waals surface area contributed by atoms with E-state index in [2.05, 4.69) is 288 Å². The van der Waals surface area contributed by atoms with Crippen LogP contribution in [0.1, 0.15) is 191 Å². The van der Waals surface area contributed by atoms with Gasteiger partial charge >= 0.3 is 415 Å². The average Bonchev–Trinajstić information content (AvgIpc) is 3.24. The first-order chi connectivity index (χ1) is 31.0. The number of hydrogen-bond donors (Lipinski definition) is 0. The number of hydrogen-bond acceptors (Lipinski definition) is 0. The molecule has 0 heterocycles. The van der Waals surface area contributed by atoms with Gasteiger partial charge in [-0.05, 0) is 0 Å². The Balaban J connectivity index is 1.79. The molecule has 0 aliphatic heterocycles. The van der Waals surface area contributed by atoms with E-state index in [-0.39, 0.29) is 32.5 Å². The predicted octanol–water partition coefficient (Wildman–Crippen LogP) is 19.0. The van der Waals surface area contributed by atoms with Crippen molar-refractivity contribution < 1.29 is 13.4 Å². The van der Waals surface area contributed by atoms with Crippen molar-refractivity contribution in [3.8, 4) is 0 Å². The van der Waals surface area contributed by atoms with Crippen LogP contribution in [-0.2, 0) is 45.9 Å². The summed E-state index contributed by atoms with van der Waals surface area (Å²) in [5, 5.41) is 0. The molecule has 0 fully saturated rings. The first-order valence-corrected chi connectivity index (χ1v) is 25.9. The number of benzene rings is 6. The molecule has 0 N–H and O–H groups in total. The van der Waals surface area contributed by atoms with E-state index in [9.17, 15) is 0 Å². The zero-order valence-corrected chi connectivity index (χ0v) is 45.4. The molecule has 6 aromatic carbocycles. The molecule has 355 valence electrons. The molecule has 0 radical (unpaired) electrons. The van der Waals surface area contributed by atoms with Gasteiger partial charge in [-0.2, -0.15) is 0 Å². The van der Waals surface area contributed by atoms with Crippen molar-refractivity contribution in [3.05, 3.63) is 212 Å². The van der Waals surface area contributed by atoms with E-state index in [1.165, 1.54) is 80.4 Å². The van der Waals surface area contributed by atoms with Gasteiger partial charge < -0.3 is 0 Å². The predicted molar refractivity (Wildman–Crippen MR) is 294 cm³/mol. The molecular weight excluding hydrogens is 851 g/mol. The second-order valence-electron chi connectivity index (χ2n) is 24.7. The Bertz CT molecular complexity index is 2370. The van der Waals surface area contributed by atoms with Crippen molar-refractivity contribution in [2.24, 2.45) is 0 Å². The topological polar surface area (TPSA) is 0 Å². The van der Waals surface area contributed by atoms with Gasteiger partial charge in [-0.3, -0.25) is 0 Å². The van der Waals surface area contributed by atoms with Gasteiger partial charge in [-0.25, -0.2) is 0 Å². The molecule has 0 aliphatic rings. The van der Waals surface area contributed by atoms with Crippen LogP contribution >= 0.6 is 0 Å². The second kappa shape index (κ2) is 19.6. The van der Waals surface area contributed by atoms with Crippen LogP contribution in [0.4, 0.5) is 0 Å². The van der Waals surface area contributed by atoms with E-state index < -0.39 is 13.4 Å². The third kappa shape index (κ3) is 13.2.